The zero-order valence-electron chi connectivity index (χ0n) is 12.2. The van der Waals surface area contributed by atoms with Crippen LogP contribution in [0.4, 0.5) is 10.1 Å². The Kier molecular flexibility index (Phi) is 6.21. The van der Waals surface area contributed by atoms with Crippen LogP contribution >= 0.6 is 23.8 Å². The molecule has 1 fully saturated rings. The van der Waals surface area contributed by atoms with Crippen molar-refractivity contribution in [1.29, 1.82) is 0 Å². The molecule has 0 aromatic heterocycles. The number of nitrogens with one attached hydrogen (secondary N) is 3. The van der Waals surface area contributed by atoms with Crippen LogP contribution < -0.4 is 15.5 Å². The van der Waals surface area contributed by atoms with E-state index >= 15 is 0 Å². The first kappa shape index (κ1) is 16.5. The maximum Gasteiger partial charge on any atom is 0.171 e. The molecule has 21 heavy (non-hydrogen) atoms. The van der Waals surface area contributed by atoms with Gasteiger partial charge in [0.25, 0.3) is 0 Å². The van der Waals surface area contributed by atoms with Crippen LogP contribution in [0.3, 0.4) is 0 Å². The van der Waals surface area contributed by atoms with Crippen LogP contribution in [0.2, 0.25) is 5.02 Å². The van der Waals surface area contributed by atoms with Crippen molar-refractivity contribution in [2.75, 3.05) is 25.0 Å². The number of rotatable bonds is 4. The number of hydrogen-bond acceptors (Lipinski definition) is 1. The second kappa shape index (κ2) is 7.92. The van der Waals surface area contributed by atoms with Gasteiger partial charge in [-0.25, -0.2) is 4.39 Å². The number of hydrogen-bond donors (Lipinski definition) is 3. The summed E-state index contributed by atoms with van der Waals surface area (Å²) in [6, 6.07) is 4.92. The minimum absolute atomic E-state index is 0.0965. The van der Waals surface area contributed by atoms with Gasteiger partial charge in [0.15, 0.2) is 5.11 Å². The Morgan fingerprint density at radius 2 is 2.14 bits per heavy atom. The second-order valence-electron chi connectivity index (χ2n) is 5.50. The van der Waals surface area contributed by atoms with Gasteiger partial charge in [0, 0.05) is 24.6 Å². The lowest BCUT2D eigenvalue weighted by Gasteiger charge is -2.30. The summed E-state index contributed by atoms with van der Waals surface area (Å²) in [7, 11) is 0. The van der Waals surface area contributed by atoms with Crippen molar-refractivity contribution in [3.8, 4) is 0 Å². The average molecular weight is 331 g/mol. The zero-order chi connectivity index (χ0) is 15.2. The molecule has 3 nitrogen and oxygen atoms in total. The molecule has 0 bridgehead atoms. The zero-order valence-corrected chi connectivity index (χ0v) is 13.8. The number of thiocarbonyl (C=S) groups is 1. The molecule has 1 heterocycles. The molecule has 3 N–H and O–H groups in total. The Morgan fingerprint density at radius 3 is 2.76 bits per heavy atom. The van der Waals surface area contributed by atoms with E-state index in [0.29, 0.717) is 16.8 Å². The Hall–Kier alpha value is -0.910. The predicted octanol–water partition coefficient (Wildman–Crippen LogP) is 2.22. The lowest BCUT2D eigenvalue weighted by molar-refractivity contribution is -0.905. The summed E-state index contributed by atoms with van der Waals surface area (Å²) in [5.74, 6) is -0.424. The summed E-state index contributed by atoms with van der Waals surface area (Å²) in [6.45, 7) is 5.86. The highest BCUT2D eigenvalue weighted by molar-refractivity contribution is 7.80. The normalized spacial score (nSPS) is 21.9. The Morgan fingerprint density at radius 1 is 1.43 bits per heavy atom. The number of quaternary nitrogens is 1. The molecule has 1 aliphatic rings. The van der Waals surface area contributed by atoms with E-state index in [-0.39, 0.29) is 5.02 Å². The molecule has 2 rings (SSSR count). The fraction of sp³-hybridized carbons (Fsp3) is 0.533. The first-order valence-corrected chi connectivity index (χ1v) is 8.23. The van der Waals surface area contributed by atoms with Crippen LogP contribution in [0.5, 0.6) is 0 Å². The van der Waals surface area contributed by atoms with Crippen LogP contribution in [-0.4, -0.2) is 30.8 Å². The average Bonchev–Trinajstić information content (AvgIpc) is 2.45. The smallest absolute Gasteiger partial charge is 0.171 e. The van der Waals surface area contributed by atoms with Gasteiger partial charge in [-0.1, -0.05) is 18.5 Å². The van der Waals surface area contributed by atoms with Crippen molar-refractivity contribution in [1.82, 2.24) is 5.32 Å². The first-order valence-electron chi connectivity index (χ1n) is 7.44. The van der Waals surface area contributed by atoms with E-state index in [2.05, 4.69) is 17.6 Å². The second-order valence-corrected chi connectivity index (χ2v) is 6.32. The molecule has 6 heteroatoms. The molecule has 1 aromatic carbocycles. The van der Waals surface area contributed by atoms with E-state index in [1.165, 1.54) is 32.1 Å². The molecule has 0 spiro atoms. The van der Waals surface area contributed by atoms with E-state index in [1.54, 1.807) is 17.0 Å². The standard InChI is InChI=1S/C15H21ClFN3S/c1-2-7-20-8-5-11(6-9-20)18-15(21)19-12-3-4-14(17)13(16)10-12/h3-4,10-11H,2,5-9H2,1H3,(H2,18,19,21)/p+1. The number of likely N-dealkylation sites (tertiary alicyclic amines) is 1. The van der Waals surface area contributed by atoms with Gasteiger partial charge in [-0.05, 0) is 36.8 Å². The molecule has 0 atom stereocenters. The third-order valence-electron chi connectivity index (χ3n) is 3.81. The lowest BCUT2D eigenvalue weighted by Crippen LogP contribution is -3.13. The largest absolute Gasteiger partial charge is 0.359 e. The van der Waals surface area contributed by atoms with Crippen molar-refractivity contribution in [3.05, 3.63) is 29.0 Å². The molecule has 1 saturated heterocycles. The highest BCUT2D eigenvalue weighted by Crippen LogP contribution is 2.19. The van der Waals surface area contributed by atoms with E-state index in [1.807, 2.05) is 0 Å². The van der Waals surface area contributed by atoms with Crippen LogP contribution in [0, 0.1) is 5.82 Å². The molecule has 1 aliphatic heterocycles. The lowest BCUT2D eigenvalue weighted by atomic mass is 10.1. The van der Waals surface area contributed by atoms with Crippen LogP contribution in [-0.2, 0) is 0 Å². The molecule has 0 amide bonds. The van der Waals surface area contributed by atoms with Gasteiger partial charge < -0.3 is 15.5 Å². The van der Waals surface area contributed by atoms with Crippen molar-refractivity contribution in [2.45, 2.75) is 32.2 Å². The van der Waals surface area contributed by atoms with E-state index in [0.717, 1.165) is 12.8 Å². The highest BCUT2D eigenvalue weighted by atomic mass is 35.5. The summed E-state index contributed by atoms with van der Waals surface area (Å²) in [6.07, 6.45) is 3.49. The molecule has 0 saturated carbocycles. The summed E-state index contributed by atoms with van der Waals surface area (Å²) in [5, 5.41) is 7.06. The van der Waals surface area contributed by atoms with Crippen molar-refractivity contribution >= 4 is 34.6 Å². The van der Waals surface area contributed by atoms with Gasteiger partial charge in [0.1, 0.15) is 5.82 Å². The van der Waals surface area contributed by atoms with E-state index in [4.69, 9.17) is 23.8 Å². The van der Waals surface area contributed by atoms with Crippen molar-refractivity contribution in [2.24, 2.45) is 0 Å². The summed E-state index contributed by atoms with van der Waals surface area (Å²) >= 11 is 11.1. The molecule has 0 unspecified atom stereocenters. The Bertz CT molecular complexity index is 490. The molecule has 0 aliphatic carbocycles. The SMILES string of the molecule is CCC[NH+]1CCC(NC(=S)Nc2ccc(F)c(Cl)c2)CC1. The molecular weight excluding hydrogens is 309 g/mol. The minimum Gasteiger partial charge on any atom is -0.359 e. The van der Waals surface area contributed by atoms with Gasteiger partial charge in [0.2, 0.25) is 0 Å². The van der Waals surface area contributed by atoms with Crippen LogP contribution in [0.15, 0.2) is 18.2 Å². The number of benzene rings is 1. The van der Waals surface area contributed by atoms with Crippen molar-refractivity contribution < 1.29 is 9.29 Å². The third-order valence-corrected chi connectivity index (χ3v) is 4.32. The maximum absolute atomic E-state index is 13.1. The number of anilines is 1. The predicted molar refractivity (Wildman–Crippen MR) is 89.6 cm³/mol. The van der Waals surface area contributed by atoms with Gasteiger partial charge in [-0.3, -0.25) is 0 Å². The van der Waals surface area contributed by atoms with Crippen LogP contribution in [0.25, 0.3) is 0 Å². The van der Waals surface area contributed by atoms with Crippen LogP contribution in [0.1, 0.15) is 26.2 Å². The van der Waals surface area contributed by atoms with Gasteiger partial charge >= 0.3 is 0 Å². The summed E-state index contributed by atoms with van der Waals surface area (Å²) < 4.78 is 13.1. The summed E-state index contributed by atoms with van der Waals surface area (Å²) in [4.78, 5) is 1.68. The van der Waals surface area contributed by atoms with Gasteiger partial charge in [0.05, 0.1) is 24.7 Å². The van der Waals surface area contributed by atoms with E-state index < -0.39 is 5.82 Å². The molecule has 1 aromatic rings. The Labute approximate surface area is 135 Å². The van der Waals surface area contributed by atoms with E-state index in [9.17, 15) is 4.39 Å². The maximum atomic E-state index is 13.1. The quantitative estimate of drug-likeness (QED) is 0.739. The minimum atomic E-state index is -0.424. The molecule has 116 valence electrons. The molecular formula is C15H22ClFN3S+. The van der Waals surface area contributed by atoms with Gasteiger partial charge in [-0.2, -0.15) is 0 Å². The monoisotopic (exact) mass is 330 g/mol. The first-order chi connectivity index (χ1) is 10.1. The Balaban J connectivity index is 1.78. The third kappa shape index (κ3) is 5.09. The number of halogens is 2. The highest BCUT2D eigenvalue weighted by Gasteiger charge is 2.21. The fourth-order valence-electron chi connectivity index (χ4n) is 2.70. The fourth-order valence-corrected chi connectivity index (χ4v) is 3.17. The topological polar surface area (TPSA) is 28.5 Å². The van der Waals surface area contributed by atoms with Gasteiger partial charge in [-0.15, -0.1) is 0 Å². The summed E-state index contributed by atoms with van der Waals surface area (Å²) in [5.41, 5.74) is 0.702. The number of piperidine rings is 1. The van der Waals surface area contributed by atoms with Crippen molar-refractivity contribution in [3.63, 3.8) is 0 Å². The molecule has 0 radical (unpaired) electrons.